The minimum absolute atomic E-state index is 0.486. The second-order valence-corrected chi connectivity index (χ2v) is 3.22. The molecule has 2 N–H and O–H groups in total. The van der Waals surface area contributed by atoms with Gasteiger partial charge in [-0.05, 0) is 6.92 Å². The summed E-state index contributed by atoms with van der Waals surface area (Å²) in [7, 11) is 1.31. The summed E-state index contributed by atoms with van der Waals surface area (Å²) < 4.78 is 38.2. The van der Waals surface area contributed by atoms with Crippen LogP contribution in [-0.4, -0.2) is 21.6 Å². The van der Waals surface area contributed by atoms with Crippen molar-refractivity contribution < 1.29 is 18.0 Å². The highest BCUT2D eigenvalue weighted by atomic mass is 19.4. The van der Waals surface area contributed by atoms with Gasteiger partial charge in [-0.3, -0.25) is 9.48 Å². The molecule has 0 saturated heterocycles. The lowest BCUT2D eigenvalue weighted by Crippen LogP contribution is -2.28. The molecule has 1 aromatic heterocycles. The van der Waals surface area contributed by atoms with E-state index in [1.54, 1.807) is 0 Å². The Balaban J connectivity index is 3.24. The Morgan fingerprint density at radius 2 is 2.13 bits per heavy atom. The van der Waals surface area contributed by atoms with Crippen LogP contribution < -0.4 is 5.73 Å². The topological polar surface area (TPSA) is 60.9 Å². The molecular weight excluding hydrogens is 211 g/mol. The summed E-state index contributed by atoms with van der Waals surface area (Å²) in [6.07, 6.45) is -3.62. The first-order valence-electron chi connectivity index (χ1n) is 4.14. The average Bonchev–Trinajstić information content (AvgIpc) is 2.44. The molecule has 0 saturated carbocycles. The van der Waals surface area contributed by atoms with Gasteiger partial charge < -0.3 is 5.73 Å². The van der Waals surface area contributed by atoms with Crippen molar-refractivity contribution in [3.05, 3.63) is 17.5 Å². The summed E-state index contributed by atoms with van der Waals surface area (Å²) >= 11 is 0. The van der Waals surface area contributed by atoms with E-state index in [0.717, 1.165) is 10.9 Å². The number of aromatic nitrogens is 2. The third kappa shape index (κ3) is 2.35. The van der Waals surface area contributed by atoms with Crippen LogP contribution in [0.2, 0.25) is 0 Å². The SMILES string of the molecule is CC(N)C(=O)c1cn(C)nc1C(F)(F)F. The lowest BCUT2D eigenvalue weighted by molar-refractivity contribution is -0.141. The second kappa shape index (κ2) is 3.65. The Bertz CT molecular complexity index is 381. The Kier molecular flexibility index (Phi) is 2.85. The molecule has 1 heterocycles. The molecule has 0 fully saturated rings. The predicted molar refractivity (Wildman–Crippen MR) is 46.2 cm³/mol. The summed E-state index contributed by atoms with van der Waals surface area (Å²) in [5, 5.41) is 3.20. The van der Waals surface area contributed by atoms with E-state index in [1.807, 2.05) is 0 Å². The van der Waals surface area contributed by atoms with Crippen LogP contribution in [0, 0.1) is 0 Å². The molecule has 1 atom stereocenters. The van der Waals surface area contributed by atoms with Gasteiger partial charge >= 0.3 is 6.18 Å². The molecule has 1 unspecified atom stereocenters. The van der Waals surface area contributed by atoms with Gasteiger partial charge in [0, 0.05) is 13.2 Å². The van der Waals surface area contributed by atoms with Gasteiger partial charge in [0.25, 0.3) is 0 Å². The normalized spacial score (nSPS) is 14.0. The highest BCUT2D eigenvalue weighted by Crippen LogP contribution is 2.30. The fourth-order valence-corrected chi connectivity index (χ4v) is 1.12. The van der Waals surface area contributed by atoms with Crippen LogP contribution in [0.15, 0.2) is 6.20 Å². The third-order valence-corrected chi connectivity index (χ3v) is 1.78. The number of Topliss-reactive ketones (excluding diaryl/α,β-unsaturated/α-hetero) is 1. The fraction of sp³-hybridized carbons (Fsp3) is 0.500. The molecule has 1 rings (SSSR count). The highest BCUT2D eigenvalue weighted by molar-refractivity contribution is 6.00. The fourth-order valence-electron chi connectivity index (χ4n) is 1.12. The van der Waals surface area contributed by atoms with E-state index >= 15 is 0 Å². The quantitative estimate of drug-likeness (QED) is 0.757. The number of carbonyl (C=O) groups excluding carboxylic acids is 1. The van der Waals surface area contributed by atoms with Crippen LogP contribution in [0.3, 0.4) is 0 Å². The number of ketones is 1. The largest absolute Gasteiger partial charge is 0.435 e. The van der Waals surface area contributed by atoms with Crippen molar-refractivity contribution in [1.82, 2.24) is 9.78 Å². The molecule has 4 nitrogen and oxygen atoms in total. The summed E-state index contributed by atoms with van der Waals surface area (Å²) in [6.45, 7) is 1.33. The van der Waals surface area contributed by atoms with E-state index in [0.29, 0.717) is 0 Å². The third-order valence-electron chi connectivity index (χ3n) is 1.78. The number of hydrogen-bond acceptors (Lipinski definition) is 3. The number of hydrogen-bond donors (Lipinski definition) is 1. The zero-order valence-corrected chi connectivity index (χ0v) is 8.17. The standard InChI is InChI=1S/C8H10F3N3O/c1-4(12)6(15)5-3-14(2)13-7(5)8(9,10)11/h3-4H,12H2,1-2H3. The first-order chi connectivity index (χ1) is 6.73. The molecule has 0 aliphatic carbocycles. The van der Waals surface area contributed by atoms with E-state index in [-0.39, 0.29) is 0 Å². The second-order valence-electron chi connectivity index (χ2n) is 3.22. The Hall–Kier alpha value is -1.37. The molecule has 0 aliphatic heterocycles. The van der Waals surface area contributed by atoms with Crippen LogP contribution in [0.5, 0.6) is 0 Å². The maximum atomic E-state index is 12.4. The molecule has 0 radical (unpaired) electrons. The van der Waals surface area contributed by atoms with Crippen molar-refractivity contribution >= 4 is 5.78 Å². The van der Waals surface area contributed by atoms with E-state index in [2.05, 4.69) is 5.10 Å². The van der Waals surface area contributed by atoms with Crippen LogP contribution in [-0.2, 0) is 13.2 Å². The van der Waals surface area contributed by atoms with Crippen molar-refractivity contribution in [3.63, 3.8) is 0 Å². The van der Waals surface area contributed by atoms with Crippen LogP contribution in [0.4, 0.5) is 13.2 Å². The summed E-state index contributed by atoms with van der Waals surface area (Å²) in [5.41, 5.74) is 3.56. The summed E-state index contributed by atoms with van der Waals surface area (Å²) in [6, 6.07) is -0.977. The molecule has 1 aromatic rings. The summed E-state index contributed by atoms with van der Waals surface area (Å²) in [5.74, 6) is -0.768. The van der Waals surface area contributed by atoms with Gasteiger partial charge in [-0.25, -0.2) is 0 Å². The van der Waals surface area contributed by atoms with Crippen LogP contribution >= 0.6 is 0 Å². The number of rotatable bonds is 2. The summed E-state index contributed by atoms with van der Waals surface area (Å²) in [4.78, 5) is 11.3. The zero-order valence-electron chi connectivity index (χ0n) is 8.17. The number of halogens is 3. The van der Waals surface area contributed by atoms with E-state index in [4.69, 9.17) is 5.73 Å². The lowest BCUT2D eigenvalue weighted by Gasteiger charge is -2.06. The molecule has 0 bridgehead atoms. The molecule has 84 valence electrons. The molecule has 0 amide bonds. The van der Waals surface area contributed by atoms with Crippen molar-refractivity contribution in [2.75, 3.05) is 0 Å². The first-order valence-corrected chi connectivity index (χ1v) is 4.14. The minimum atomic E-state index is -4.64. The Morgan fingerprint density at radius 1 is 1.60 bits per heavy atom. The van der Waals surface area contributed by atoms with Gasteiger partial charge in [0.05, 0.1) is 11.6 Å². The van der Waals surface area contributed by atoms with E-state index in [1.165, 1.54) is 14.0 Å². The molecule has 7 heteroatoms. The average molecular weight is 221 g/mol. The van der Waals surface area contributed by atoms with Crippen molar-refractivity contribution in [2.24, 2.45) is 12.8 Å². The zero-order chi connectivity index (χ0) is 11.8. The first kappa shape index (κ1) is 11.7. The van der Waals surface area contributed by atoms with Gasteiger partial charge in [0.1, 0.15) is 0 Å². The Labute approximate surface area is 83.9 Å². The van der Waals surface area contributed by atoms with E-state index < -0.39 is 29.3 Å². The number of nitrogens with zero attached hydrogens (tertiary/aromatic N) is 2. The highest BCUT2D eigenvalue weighted by Gasteiger charge is 2.39. The maximum absolute atomic E-state index is 12.4. The van der Waals surface area contributed by atoms with Gasteiger partial charge in [0.15, 0.2) is 11.5 Å². The van der Waals surface area contributed by atoms with Crippen LogP contribution in [0.1, 0.15) is 23.0 Å². The lowest BCUT2D eigenvalue weighted by atomic mass is 10.1. The molecule has 0 spiro atoms. The maximum Gasteiger partial charge on any atom is 0.435 e. The van der Waals surface area contributed by atoms with Gasteiger partial charge in [-0.15, -0.1) is 0 Å². The molecule has 15 heavy (non-hydrogen) atoms. The van der Waals surface area contributed by atoms with Crippen LogP contribution in [0.25, 0.3) is 0 Å². The van der Waals surface area contributed by atoms with Crippen molar-refractivity contribution in [3.8, 4) is 0 Å². The predicted octanol–water partition coefficient (Wildman–Crippen LogP) is 0.969. The number of alkyl halides is 3. The molecule has 0 aliphatic rings. The minimum Gasteiger partial charge on any atom is -0.321 e. The number of nitrogens with two attached hydrogens (primary N) is 1. The van der Waals surface area contributed by atoms with Crippen molar-refractivity contribution in [2.45, 2.75) is 19.1 Å². The van der Waals surface area contributed by atoms with Gasteiger partial charge in [-0.2, -0.15) is 18.3 Å². The molecular formula is C8H10F3N3O. The van der Waals surface area contributed by atoms with Gasteiger partial charge in [0.2, 0.25) is 0 Å². The van der Waals surface area contributed by atoms with E-state index in [9.17, 15) is 18.0 Å². The monoisotopic (exact) mass is 221 g/mol. The number of aryl methyl sites for hydroxylation is 1. The van der Waals surface area contributed by atoms with Gasteiger partial charge in [-0.1, -0.05) is 0 Å². The Morgan fingerprint density at radius 3 is 2.53 bits per heavy atom. The smallest absolute Gasteiger partial charge is 0.321 e. The number of carbonyl (C=O) groups is 1. The van der Waals surface area contributed by atoms with Crippen molar-refractivity contribution in [1.29, 1.82) is 0 Å². The molecule has 0 aromatic carbocycles.